The molecule has 1 heterocycles. The van der Waals surface area contributed by atoms with Gasteiger partial charge in [0, 0.05) is 32.4 Å². The minimum Gasteiger partial charge on any atom is -0.385 e. The fourth-order valence-corrected chi connectivity index (χ4v) is 1.52. The van der Waals surface area contributed by atoms with Gasteiger partial charge < -0.3 is 20.2 Å². The molecule has 0 aliphatic rings. The van der Waals surface area contributed by atoms with Gasteiger partial charge in [0.25, 0.3) is 0 Å². The first-order valence-corrected chi connectivity index (χ1v) is 6.37. The lowest BCUT2D eigenvalue weighted by Gasteiger charge is -2.15. The highest BCUT2D eigenvalue weighted by molar-refractivity contribution is 5.47. The number of nitrogens with two attached hydrogens (primary N) is 1. The van der Waals surface area contributed by atoms with E-state index in [-0.39, 0.29) is 6.04 Å². The van der Waals surface area contributed by atoms with Crippen LogP contribution in [-0.2, 0) is 16.1 Å². The van der Waals surface area contributed by atoms with Crippen LogP contribution >= 0.6 is 0 Å². The van der Waals surface area contributed by atoms with Crippen LogP contribution in [0.2, 0.25) is 0 Å². The summed E-state index contributed by atoms with van der Waals surface area (Å²) in [5, 5.41) is 3.29. The summed E-state index contributed by atoms with van der Waals surface area (Å²) < 4.78 is 10.3. The Balaban J connectivity index is 2.69. The predicted octanol–water partition coefficient (Wildman–Crippen LogP) is 1.14. The molecule has 7 nitrogen and oxygen atoms in total. The van der Waals surface area contributed by atoms with Gasteiger partial charge in [-0.2, -0.15) is 0 Å². The second-order valence-corrected chi connectivity index (χ2v) is 4.16. The van der Waals surface area contributed by atoms with Crippen molar-refractivity contribution in [2.75, 3.05) is 31.1 Å². The van der Waals surface area contributed by atoms with Crippen molar-refractivity contribution in [1.82, 2.24) is 9.97 Å². The van der Waals surface area contributed by atoms with E-state index in [1.165, 1.54) is 0 Å². The van der Waals surface area contributed by atoms with E-state index in [1.807, 2.05) is 6.92 Å². The standard InChI is InChI=1S/C12H23N5O2/c1-4-19-8-12-15-10(7-11(16-12)17-13)14-9(2)5-6-18-3/h7,9H,4-6,8,13H2,1-3H3,(H2,14,15,16,17). The third-order valence-electron chi connectivity index (χ3n) is 2.50. The van der Waals surface area contributed by atoms with Gasteiger partial charge in [-0.3, -0.25) is 0 Å². The summed E-state index contributed by atoms with van der Waals surface area (Å²) in [6, 6.07) is 2.01. The van der Waals surface area contributed by atoms with Crippen molar-refractivity contribution in [3.05, 3.63) is 11.9 Å². The van der Waals surface area contributed by atoms with Crippen LogP contribution in [0.15, 0.2) is 6.07 Å². The maximum absolute atomic E-state index is 5.40. The molecule has 0 aromatic carbocycles. The number of aromatic nitrogens is 2. The molecule has 1 aromatic heterocycles. The first-order valence-electron chi connectivity index (χ1n) is 6.37. The number of methoxy groups -OCH3 is 1. The Kier molecular flexibility index (Phi) is 7.09. The van der Waals surface area contributed by atoms with Crippen molar-refractivity contribution in [3.63, 3.8) is 0 Å². The Morgan fingerprint density at radius 3 is 2.74 bits per heavy atom. The molecule has 1 rings (SSSR count). The molecule has 0 bridgehead atoms. The molecular formula is C12H23N5O2. The molecule has 0 saturated heterocycles. The summed E-state index contributed by atoms with van der Waals surface area (Å²) in [6.45, 7) is 5.69. The van der Waals surface area contributed by atoms with Crippen molar-refractivity contribution in [2.45, 2.75) is 32.9 Å². The van der Waals surface area contributed by atoms with E-state index < -0.39 is 0 Å². The molecule has 1 unspecified atom stereocenters. The number of hydrogen-bond acceptors (Lipinski definition) is 7. The van der Waals surface area contributed by atoms with Gasteiger partial charge in [0.2, 0.25) is 0 Å². The van der Waals surface area contributed by atoms with Crippen LogP contribution < -0.4 is 16.6 Å². The number of hydrazine groups is 1. The Hall–Kier alpha value is -1.44. The minimum atomic E-state index is 0.250. The fraction of sp³-hybridized carbons (Fsp3) is 0.667. The Morgan fingerprint density at radius 2 is 2.11 bits per heavy atom. The Bertz CT molecular complexity index is 375. The third-order valence-corrected chi connectivity index (χ3v) is 2.50. The first-order chi connectivity index (χ1) is 9.19. The molecule has 0 radical (unpaired) electrons. The second-order valence-electron chi connectivity index (χ2n) is 4.16. The highest BCUT2D eigenvalue weighted by Gasteiger charge is 2.07. The molecular weight excluding hydrogens is 246 g/mol. The Labute approximate surface area is 113 Å². The van der Waals surface area contributed by atoms with Crippen LogP contribution in [0.4, 0.5) is 11.6 Å². The van der Waals surface area contributed by atoms with Gasteiger partial charge in [-0.05, 0) is 20.3 Å². The lowest BCUT2D eigenvalue weighted by Crippen LogP contribution is -2.19. The van der Waals surface area contributed by atoms with Crippen LogP contribution in [0.1, 0.15) is 26.1 Å². The maximum Gasteiger partial charge on any atom is 0.158 e. The largest absolute Gasteiger partial charge is 0.385 e. The third kappa shape index (κ3) is 5.82. The number of ether oxygens (including phenoxy) is 2. The van der Waals surface area contributed by atoms with Gasteiger partial charge in [-0.15, -0.1) is 0 Å². The van der Waals surface area contributed by atoms with E-state index in [4.69, 9.17) is 15.3 Å². The molecule has 0 aliphatic heterocycles. The molecule has 0 fully saturated rings. The van der Waals surface area contributed by atoms with Crippen LogP contribution in [0, 0.1) is 0 Å². The number of nitrogens with zero attached hydrogens (tertiary/aromatic N) is 2. The smallest absolute Gasteiger partial charge is 0.158 e. The minimum absolute atomic E-state index is 0.250. The summed E-state index contributed by atoms with van der Waals surface area (Å²) in [7, 11) is 1.69. The zero-order valence-corrected chi connectivity index (χ0v) is 11.8. The predicted molar refractivity (Wildman–Crippen MR) is 74.7 cm³/mol. The first kappa shape index (κ1) is 15.6. The lowest BCUT2D eigenvalue weighted by molar-refractivity contribution is 0.128. The Morgan fingerprint density at radius 1 is 1.37 bits per heavy atom. The zero-order chi connectivity index (χ0) is 14.1. The van der Waals surface area contributed by atoms with Gasteiger partial charge in [0.1, 0.15) is 18.2 Å². The average molecular weight is 269 g/mol. The summed E-state index contributed by atoms with van der Waals surface area (Å²) in [6.07, 6.45) is 0.896. The molecule has 1 atom stereocenters. The summed E-state index contributed by atoms with van der Waals surface area (Å²) in [4.78, 5) is 8.61. The van der Waals surface area contributed by atoms with Crippen LogP contribution in [-0.4, -0.2) is 36.3 Å². The van der Waals surface area contributed by atoms with E-state index in [1.54, 1.807) is 13.2 Å². The normalized spacial score (nSPS) is 12.2. The number of nitrogens with one attached hydrogen (secondary N) is 2. The SMILES string of the molecule is CCOCc1nc(NN)cc(NC(C)CCOC)n1. The van der Waals surface area contributed by atoms with Crippen LogP contribution in [0.5, 0.6) is 0 Å². The quantitative estimate of drug-likeness (QED) is 0.457. The van der Waals surface area contributed by atoms with E-state index >= 15 is 0 Å². The van der Waals surface area contributed by atoms with Crippen molar-refractivity contribution < 1.29 is 9.47 Å². The monoisotopic (exact) mass is 269 g/mol. The van der Waals surface area contributed by atoms with Gasteiger partial charge in [0.05, 0.1) is 0 Å². The molecule has 0 saturated carbocycles. The maximum atomic E-state index is 5.40. The van der Waals surface area contributed by atoms with Crippen molar-refractivity contribution in [1.29, 1.82) is 0 Å². The topological polar surface area (TPSA) is 94.3 Å². The highest BCUT2D eigenvalue weighted by atomic mass is 16.5. The van der Waals surface area contributed by atoms with Crippen molar-refractivity contribution in [3.8, 4) is 0 Å². The molecule has 1 aromatic rings. The number of anilines is 2. The molecule has 0 aliphatic carbocycles. The number of hydrogen-bond donors (Lipinski definition) is 3. The summed E-state index contributed by atoms with van der Waals surface area (Å²) in [5.74, 6) is 7.28. The van der Waals surface area contributed by atoms with Crippen molar-refractivity contribution >= 4 is 11.6 Å². The van der Waals surface area contributed by atoms with Crippen LogP contribution in [0.25, 0.3) is 0 Å². The van der Waals surface area contributed by atoms with Crippen LogP contribution in [0.3, 0.4) is 0 Å². The van der Waals surface area contributed by atoms with Gasteiger partial charge in [-0.25, -0.2) is 15.8 Å². The van der Waals surface area contributed by atoms with E-state index in [9.17, 15) is 0 Å². The second kappa shape index (κ2) is 8.63. The zero-order valence-electron chi connectivity index (χ0n) is 11.8. The van der Waals surface area contributed by atoms with E-state index in [0.29, 0.717) is 31.5 Å². The van der Waals surface area contributed by atoms with E-state index in [0.717, 1.165) is 12.2 Å². The molecule has 108 valence electrons. The van der Waals surface area contributed by atoms with Gasteiger partial charge >= 0.3 is 0 Å². The number of rotatable bonds is 9. The van der Waals surface area contributed by atoms with Gasteiger partial charge in [-0.1, -0.05) is 0 Å². The lowest BCUT2D eigenvalue weighted by atomic mass is 10.2. The van der Waals surface area contributed by atoms with Gasteiger partial charge in [0.15, 0.2) is 5.82 Å². The molecule has 0 spiro atoms. The number of nitrogen functional groups attached to an aromatic ring is 1. The molecule has 0 amide bonds. The highest BCUT2D eigenvalue weighted by Crippen LogP contribution is 2.13. The average Bonchev–Trinajstić information content (AvgIpc) is 2.42. The summed E-state index contributed by atoms with van der Waals surface area (Å²) >= 11 is 0. The fourth-order valence-electron chi connectivity index (χ4n) is 1.52. The van der Waals surface area contributed by atoms with E-state index in [2.05, 4.69) is 27.6 Å². The summed E-state index contributed by atoms with van der Waals surface area (Å²) in [5.41, 5.74) is 2.53. The molecule has 7 heteroatoms. The van der Waals surface area contributed by atoms with Crippen molar-refractivity contribution in [2.24, 2.45) is 5.84 Å². The molecule has 19 heavy (non-hydrogen) atoms. The molecule has 4 N–H and O–H groups in total.